The fraction of sp³-hybridized carbons (Fsp3) is 0.571. The largest absolute Gasteiger partial charge is 0.394 e. The zero-order valence-corrected chi connectivity index (χ0v) is 11.4. The first-order valence-electron chi connectivity index (χ1n) is 6.38. The topological polar surface area (TPSA) is 66.5 Å². The molecule has 1 aliphatic carbocycles. The van der Waals surface area contributed by atoms with Gasteiger partial charge in [0.1, 0.15) is 0 Å². The molecular weight excluding hydrogens is 246 g/mol. The lowest BCUT2D eigenvalue weighted by Crippen LogP contribution is -2.32. The standard InChI is InChI=1S/C14H21NO2S/c1-9-6-13(18-8-10(17)7-16)14(15)12-5-3-2-4-11(9)12/h2-5,9-10,13-14,16-17H,6-8,15H2,1H3. The molecule has 1 aromatic rings. The maximum Gasteiger partial charge on any atom is 0.0861 e. The van der Waals surface area contributed by atoms with E-state index in [2.05, 4.69) is 25.1 Å². The molecule has 0 fully saturated rings. The molecule has 0 radical (unpaired) electrons. The Labute approximate surface area is 112 Å². The summed E-state index contributed by atoms with van der Waals surface area (Å²) in [6, 6.07) is 8.37. The minimum Gasteiger partial charge on any atom is -0.394 e. The normalized spacial score (nSPS) is 28.8. The molecule has 0 amide bonds. The Balaban J connectivity index is 2.08. The predicted molar refractivity (Wildman–Crippen MR) is 75.7 cm³/mol. The summed E-state index contributed by atoms with van der Waals surface area (Å²) in [5.74, 6) is 1.05. The molecule has 0 bridgehead atoms. The van der Waals surface area contributed by atoms with Crippen molar-refractivity contribution in [3.63, 3.8) is 0 Å². The summed E-state index contributed by atoms with van der Waals surface area (Å²) >= 11 is 1.67. The van der Waals surface area contributed by atoms with Crippen LogP contribution in [0.4, 0.5) is 0 Å². The number of benzene rings is 1. The van der Waals surface area contributed by atoms with Crippen molar-refractivity contribution in [1.82, 2.24) is 0 Å². The lowest BCUT2D eigenvalue weighted by atomic mass is 9.81. The van der Waals surface area contributed by atoms with Crippen molar-refractivity contribution in [2.24, 2.45) is 5.73 Å². The Hall–Kier alpha value is -0.550. The monoisotopic (exact) mass is 267 g/mol. The molecule has 0 heterocycles. The average molecular weight is 267 g/mol. The molecule has 0 aromatic heterocycles. The van der Waals surface area contributed by atoms with E-state index in [1.165, 1.54) is 11.1 Å². The van der Waals surface area contributed by atoms with Crippen LogP contribution in [0, 0.1) is 0 Å². The number of aliphatic hydroxyl groups is 2. The summed E-state index contributed by atoms with van der Waals surface area (Å²) in [6.45, 7) is 2.04. The van der Waals surface area contributed by atoms with Crippen molar-refractivity contribution >= 4 is 11.8 Å². The number of aliphatic hydroxyl groups excluding tert-OH is 2. The zero-order valence-electron chi connectivity index (χ0n) is 10.6. The Morgan fingerprint density at radius 1 is 1.39 bits per heavy atom. The smallest absolute Gasteiger partial charge is 0.0861 e. The van der Waals surface area contributed by atoms with E-state index in [-0.39, 0.29) is 12.6 Å². The summed E-state index contributed by atoms with van der Waals surface area (Å²) in [7, 11) is 0. The quantitative estimate of drug-likeness (QED) is 0.776. The molecule has 18 heavy (non-hydrogen) atoms. The van der Waals surface area contributed by atoms with Crippen LogP contribution in [0.1, 0.15) is 36.4 Å². The van der Waals surface area contributed by atoms with Crippen LogP contribution in [0.15, 0.2) is 24.3 Å². The first-order valence-corrected chi connectivity index (χ1v) is 7.43. The number of fused-ring (bicyclic) bond motifs is 1. The molecule has 4 atom stereocenters. The van der Waals surface area contributed by atoms with Gasteiger partial charge in [0.2, 0.25) is 0 Å². The molecule has 0 saturated heterocycles. The summed E-state index contributed by atoms with van der Waals surface area (Å²) in [5, 5.41) is 18.6. The SMILES string of the molecule is CC1CC(SCC(O)CO)C(N)c2ccccc21. The Morgan fingerprint density at radius 2 is 2.06 bits per heavy atom. The van der Waals surface area contributed by atoms with Gasteiger partial charge in [0.15, 0.2) is 0 Å². The van der Waals surface area contributed by atoms with Crippen molar-refractivity contribution in [2.45, 2.75) is 36.7 Å². The molecular formula is C14H21NO2S. The lowest BCUT2D eigenvalue weighted by molar-refractivity contribution is 0.113. The Morgan fingerprint density at radius 3 is 2.72 bits per heavy atom. The molecule has 1 aromatic carbocycles. The fourth-order valence-electron chi connectivity index (χ4n) is 2.54. The highest BCUT2D eigenvalue weighted by Crippen LogP contribution is 2.41. The predicted octanol–water partition coefficient (Wildman–Crippen LogP) is 1.65. The fourth-order valence-corrected chi connectivity index (χ4v) is 3.90. The highest BCUT2D eigenvalue weighted by Gasteiger charge is 2.31. The number of thioether (sulfide) groups is 1. The molecule has 4 N–H and O–H groups in total. The molecule has 3 nitrogen and oxygen atoms in total. The van der Waals surface area contributed by atoms with E-state index in [0.29, 0.717) is 16.9 Å². The van der Waals surface area contributed by atoms with E-state index in [1.54, 1.807) is 11.8 Å². The Bertz CT molecular complexity index is 399. The van der Waals surface area contributed by atoms with Gasteiger partial charge in [0.25, 0.3) is 0 Å². The van der Waals surface area contributed by atoms with Crippen LogP contribution in [-0.2, 0) is 0 Å². The minimum atomic E-state index is -0.644. The lowest BCUT2D eigenvalue weighted by Gasteiger charge is -2.34. The van der Waals surface area contributed by atoms with Crippen LogP contribution in [0.25, 0.3) is 0 Å². The van der Waals surface area contributed by atoms with Crippen LogP contribution in [0.3, 0.4) is 0 Å². The van der Waals surface area contributed by atoms with Gasteiger partial charge in [-0.15, -0.1) is 0 Å². The van der Waals surface area contributed by atoms with E-state index < -0.39 is 6.10 Å². The van der Waals surface area contributed by atoms with Gasteiger partial charge in [-0.1, -0.05) is 31.2 Å². The van der Waals surface area contributed by atoms with Crippen LogP contribution < -0.4 is 5.73 Å². The van der Waals surface area contributed by atoms with Crippen molar-refractivity contribution in [1.29, 1.82) is 0 Å². The maximum atomic E-state index is 9.42. The van der Waals surface area contributed by atoms with Crippen LogP contribution >= 0.6 is 11.8 Å². The van der Waals surface area contributed by atoms with E-state index in [4.69, 9.17) is 10.8 Å². The summed E-state index contributed by atoms with van der Waals surface area (Å²) in [6.07, 6.45) is 0.385. The van der Waals surface area contributed by atoms with E-state index in [0.717, 1.165) is 6.42 Å². The molecule has 1 aliphatic rings. The third-order valence-corrected chi connectivity index (χ3v) is 5.08. The second kappa shape index (κ2) is 6.06. The van der Waals surface area contributed by atoms with Gasteiger partial charge < -0.3 is 15.9 Å². The summed E-state index contributed by atoms with van der Waals surface area (Å²) in [5.41, 5.74) is 8.90. The van der Waals surface area contributed by atoms with Gasteiger partial charge in [-0.25, -0.2) is 0 Å². The zero-order chi connectivity index (χ0) is 13.1. The molecule has 4 unspecified atom stereocenters. The van der Waals surface area contributed by atoms with Gasteiger partial charge in [-0.3, -0.25) is 0 Å². The molecule has 4 heteroatoms. The molecule has 0 saturated carbocycles. The van der Waals surface area contributed by atoms with Crippen LogP contribution in [0.2, 0.25) is 0 Å². The Kier molecular flexibility index (Phi) is 4.67. The van der Waals surface area contributed by atoms with Gasteiger partial charge >= 0.3 is 0 Å². The van der Waals surface area contributed by atoms with E-state index >= 15 is 0 Å². The third-order valence-electron chi connectivity index (χ3n) is 3.59. The maximum absolute atomic E-state index is 9.42. The molecule has 0 aliphatic heterocycles. The molecule has 100 valence electrons. The second-order valence-electron chi connectivity index (χ2n) is 5.00. The van der Waals surface area contributed by atoms with Gasteiger partial charge in [-0.2, -0.15) is 11.8 Å². The second-order valence-corrected chi connectivity index (χ2v) is 6.27. The van der Waals surface area contributed by atoms with Crippen molar-refractivity contribution in [3.05, 3.63) is 35.4 Å². The molecule has 0 spiro atoms. The molecule has 2 rings (SSSR count). The average Bonchev–Trinajstić information content (AvgIpc) is 2.41. The van der Waals surface area contributed by atoms with Crippen LogP contribution in [0.5, 0.6) is 0 Å². The van der Waals surface area contributed by atoms with E-state index in [9.17, 15) is 5.11 Å². The first kappa shape index (κ1) is 13.9. The number of nitrogens with two attached hydrogens (primary N) is 1. The van der Waals surface area contributed by atoms with E-state index in [1.807, 2.05) is 6.07 Å². The van der Waals surface area contributed by atoms with Crippen molar-refractivity contribution < 1.29 is 10.2 Å². The van der Waals surface area contributed by atoms with Crippen molar-refractivity contribution in [3.8, 4) is 0 Å². The summed E-state index contributed by atoms with van der Waals surface area (Å²) < 4.78 is 0. The number of rotatable bonds is 4. The number of hydrogen-bond acceptors (Lipinski definition) is 4. The van der Waals surface area contributed by atoms with Crippen molar-refractivity contribution in [2.75, 3.05) is 12.4 Å². The number of hydrogen-bond donors (Lipinski definition) is 3. The highest BCUT2D eigenvalue weighted by atomic mass is 32.2. The first-order chi connectivity index (χ1) is 8.63. The van der Waals surface area contributed by atoms with Gasteiger partial charge in [0.05, 0.1) is 12.7 Å². The van der Waals surface area contributed by atoms with Crippen LogP contribution in [-0.4, -0.2) is 33.9 Å². The highest BCUT2D eigenvalue weighted by molar-refractivity contribution is 8.00. The summed E-state index contributed by atoms with van der Waals surface area (Å²) in [4.78, 5) is 0. The van der Waals surface area contributed by atoms with Gasteiger partial charge in [0, 0.05) is 17.0 Å². The van der Waals surface area contributed by atoms with Gasteiger partial charge in [-0.05, 0) is 23.5 Å². The minimum absolute atomic E-state index is 0.0216. The third kappa shape index (κ3) is 2.88.